The minimum absolute atomic E-state index is 0.0135. The minimum Gasteiger partial charge on any atom is -0.507 e. The molecule has 216 valence electrons. The highest BCUT2D eigenvalue weighted by Gasteiger charge is 2.39. The number of hydrogen-bond acceptors (Lipinski definition) is 10. The highest BCUT2D eigenvalue weighted by atomic mass is 16.6. The Balaban J connectivity index is 1.75. The van der Waals surface area contributed by atoms with Crippen LogP contribution in [0.5, 0.6) is 5.75 Å². The minimum atomic E-state index is -1.66. The fraction of sp³-hybridized carbons (Fsp3) is 0.433. The molecular formula is C30H37NO9. The molecule has 0 fully saturated rings. The molecule has 0 aromatic heterocycles. The number of carbonyl (C=O) groups is 3. The van der Waals surface area contributed by atoms with E-state index < -0.39 is 48.1 Å². The molecule has 40 heavy (non-hydrogen) atoms. The number of carbonyl (C=O) groups excluding carboxylic acids is 3. The lowest BCUT2D eigenvalue weighted by atomic mass is 9.97. The van der Waals surface area contributed by atoms with Gasteiger partial charge in [-0.15, -0.1) is 0 Å². The second kappa shape index (κ2) is 14.4. The van der Waals surface area contributed by atoms with E-state index in [-0.39, 0.29) is 22.4 Å². The number of unbranched alkanes of at least 4 members (excludes halogenated alkanes) is 4. The van der Waals surface area contributed by atoms with Crippen LogP contribution in [0.4, 0.5) is 5.69 Å². The van der Waals surface area contributed by atoms with Gasteiger partial charge >= 0.3 is 11.9 Å². The third kappa shape index (κ3) is 7.32. The first-order valence-corrected chi connectivity index (χ1v) is 13.6. The molecule has 0 saturated carbocycles. The molecule has 10 heteroatoms. The second-order valence-electron chi connectivity index (χ2n) is 9.70. The van der Waals surface area contributed by atoms with Gasteiger partial charge in [0.2, 0.25) is 5.76 Å². The number of phenolic OH excluding ortho intramolecular Hbond substituents is 1. The summed E-state index contributed by atoms with van der Waals surface area (Å²) < 4.78 is 9.77. The third-order valence-electron chi connectivity index (χ3n) is 6.72. The van der Waals surface area contributed by atoms with Gasteiger partial charge in [-0.25, -0.2) is 9.59 Å². The van der Waals surface area contributed by atoms with E-state index in [0.717, 1.165) is 57.3 Å². The highest BCUT2D eigenvalue weighted by Crippen LogP contribution is 2.29. The zero-order valence-corrected chi connectivity index (χ0v) is 22.8. The second-order valence-corrected chi connectivity index (χ2v) is 9.70. The van der Waals surface area contributed by atoms with E-state index >= 15 is 0 Å². The summed E-state index contributed by atoms with van der Waals surface area (Å²) >= 11 is 0. The van der Waals surface area contributed by atoms with Crippen LogP contribution in [-0.4, -0.2) is 70.1 Å². The maximum atomic E-state index is 13.4. The first kappa shape index (κ1) is 30.5. The summed E-state index contributed by atoms with van der Waals surface area (Å²) in [6, 6.07) is 10.8. The Labute approximate surface area is 233 Å². The van der Waals surface area contributed by atoms with Gasteiger partial charge in [0.1, 0.15) is 18.5 Å². The number of ketones is 1. The zero-order valence-electron chi connectivity index (χ0n) is 22.8. The molecule has 0 spiro atoms. The number of anilines is 1. The lowest BCUT2D eigenvalue weighted by Crippen LogP contribution is -2.33. The number of rotatable bonds is 15. The van der Waals surface area contributed by atoms with Gasteiger partial charge in [0.15, 0.2) is 17.6 Å². The number of hydrogen-bond donors (Lipinski definition) is 4. The first-order chi connectivity index (χ1) is 19.2. The molecule has 10 nitrogen and oxygen atoms in total. The topological polar surface area (TPSA) is 154 Å². The molecule has 2 unspecified atom stereocenters. The van der Waals surface area contributed by atoms with Gasteiger partial charge in [-0.3, -0.25) is 4.79 Å². The fourth-order valence-electron chi connectivity index (χ4n) is 4.44. The van der Waals surface area contributed by atoms with E-state index in [1.165, 1.54) is 18.2 Å². The Morgan fingerprint density at radius 2 is 1.55 bits per heavy atom. The number of benzene rings is 2. The van der Waals surface area contributed by atoms with E-state index in [9.17, 15) is 34.8 Å². The average Bonchev–Trinajstić information content (AvgIpc) is 3.21. The standard InChI is InChI=1S/C30H37NO9/c1-3-5-9-15-31(16-10-6-4-2)19-13-14-22(23(32)17-19)25(34)20-11-7-8-12-21(20)29(37)39-18-24(33)28-26(35)27(36)30(38)40-28/h7-8,11-14,17,24,28,32-33,35-36H,3-6,9-10,15-16,18H2,1-2H3. The summed E-state index contributed by atoms with van der Waals surface area (Å²) in [5.41, 5.74) is 0.726. The molecule has 2 atom stereocenters. The Morgan fingerprint density at radius 1 is 0.925 bits per heavy atom. The van der Waals surface area contributed by atoms with Gasteiger partial charge in [-0.05, 0) is 31.0 Å². The van der Waals surface area contributed by atoms with Crippen molar-refractivity contribution in [1.82, 2.24) is 0 Å². The predicted octanol–water partition coefficient (Wildman–Crippen LogP) is 4.58. The number of esters is 2. The smallest absolute Gasteiger partial charge is 0.377 e. The van der Waals surface area contributed by atoms with Crippen LogP contribution in [0.15, 0.2) is 54.0 Å². The molecular weight excluding hydrogens is 518 g/mol. The van der Waals surface area contributed by atoms with Crippen molar-refractivity contribution in [2.45, 2.75) is 64.6 Å². The number of cyclic esters (lactones) is 1. The third-order valence-corrected chi connectivity index (χ3v) is 6.72. The van der Waals surface area contributed by atoms with Gasteiger partial charge in [0, 0.05) is 30.4 Å². The molecule has 0 aliphatic carbocycles. The van der Waals surface area contributed by atoms with Crippen LogP contribution in [0, 0.1) is 0 Å². The van der Waals surface area contributed by atoms with E-state index in [1.54, 1.807) is 24.3 Å². The van der Waals surface area contributed by atoms with Crippen molar-refractivity contribution in [2.24, 2.45) is 0 Å². The van der Waals surface area contributed by atoms with E-state index in [0.29, 0.717) is 0 Å². The normalized spacial score (nSPS) is 15.6. The van der Waals surface area contributed by atoms with Gasteiger partial charge < -0.3 is 34.8 Å². The van der Waals surface area contributed by atoms with Crippen molar-refractivity contribution < 1.29 is 44.3 Å². The zero-order chi connectivity index (χ0) is 29.2. The van der Waals surface area contributed by atoms with E-state index in [1.807, 2.05) is 0 Å². The quantitative estimate of drug-likeness (QED) is 0.139. The van der Waals surface area contributed by atoms with Crippen molar-refractivity contribution in [1.29, 1.82) is 0 Å². The molecule has 1 aliphatic heterocycles. The average molecular weight is 556 g/mol. The number of aliphatic hydroxyl groups is 3. The monoisotopic (exact) mass is 555 g/mol. The SMILES string of the molecule is CCCCCN(CCCCC)c1ccc(C(=O)c2ccccc2C(=O)OCC(O)C2OC(=O)C(O)=C2O)c(O)c1. The lowest BCUT2D eigenvalue weighted by molar-refractivity contribution is -0.147. The molecule has 1 heterocycles. The number of ether oxygens (including phenoxy) is 2. The fourth-order valence-corrected chi connectivity index (χ4v) is 4.44. The van der Waals surface area contributed by atoms with Crippen LogP contribution < -0.4 is 4.90 Å². The molecule has 0 radical (unpaired) electrons. The Kier molecular flexibility index (Phi) is 11.0. The van der Waals surface area contributed by atoms with Crippen molar-refractivity contribution in [3.8, 4) is 5.75 Å². The van der Waals surface area contributed by atoms with Crippen LogP contribution in [0.1, 0.15) is 78.7 Å². The van der Waals surface area contributed by atoms with Crippen molar-refractivity contribution in [3.63, 3.8) is 0 Å². The predicted molar refractivity (Wildman–Crippen MR) is 148 cm³/mol. The maximum absolute atomic E-state index is 13.4. The molecule has 0 amide bonds. The van der Waals surface area contributed by atoms with Gasteiger partial charge in [-0.1, -0.05) is 57.7 Å². The number of nitrogens with zero attached hydrogens (tertiary/aromatic N) is 1. The molecule has 2 aromatic rings. The molecule has 1 aliphatic rings. The van der Waals surface area contributed by atoms with Crippen molar-refractivity contribution >= 4 is 23.4 Å². The van der Waals surface area contributed by atoms with Crippen LogP contribution in [0.25, 0.3) is 0 Å². The summed E-state index contributed by atoms with van der Waals surface area (Å²) in [4.78, 5) is 39.8. The van der Waals surface area contributed by atoms with E-state index in [4.69, 9.17) is 4.74 Å². The summed E-state index contributed by atoms with van der Waals surface area (Å²) in [5.74, 6) is -4.84. The maximum Gasteiger partial charge on any atom is 0.377 e. The van der Waals surface area contributed by atoms with Crippen LogP contribution in [-0.2, 0) is 14.3 Å². The van der Waals surface area contributed by atoms with Crippen molar-refractivity contribution in [3.05, 3.63) is 70.7 Å². The molecule has 4 N–H and O–H groups in total. The number of phenols is 1. The summed E-state index contributed by atoms with van der Waals surface area (Å²) in [5, 5.41) is 40.1. The highest BCUT2D eigenvalue weighted by molar-refractivity contribution is 6.15. The molecule has 2 aromatic carbocycles. The van der Waals surface area contributed by atoms with Crippen LogP contribution >= 0.6 is 0 Å². The largest absolute Gasteiger partial charge is 0.507 e. The molecule has 0 saturated heterocycles. The molecule has 0 bridgehead atoms. The Bertz CT molecular complexity index is 1230. The van der Waals surface area contributed by atoms with Crippen LogP contribution in [0.2, 0.25) is 0 Å². The Hall–Kier alpha value is -4.05. The van der Waals surface area contributed by atoms with Gasteiger partial charge in [-0.2, -0.15) is 0 Å². The molecule has 3 rings (SSSR count). The van der Waals surface area contributed by atoms with Gasteiger partial charge in [0.25, 0.3) is 0 Å². The van der Waals surface area contributed by atoms with Crippen LogP contribution in [0.3, 0.4) is 0 Å². The Morgan fingerprint density at radius 3 is 2.10 bits per heavy atom. The van der Waals surface area contributed by atoms with Crippen molar-refractivity contribution in [2.75, 3.05) is 24.6 Å². The van der Waals surface area contributed by atoms with Gasteiger partial charge in [0.05, 0.1) is 11.1 Å². The van der Waals surface area contributed by atoms with E-state index in [2.05, 4.69) is 23.5 Å². The first-order valence-electron chi connectivity index (χ1n) is 13.6. The number of aromatic hydroxyl groups is 1. The summed E-state index contributed by atoms with van der Waals surface area (Å²) in [7, 11) is 0. The lowest BCUT2D eigenvalue weighted by Gasteiger charge is -2.25. The summed E-state index contributed by atoms with van der Waals surface area (Å²) in [6.07, 6.45) is 3.19. The summed E-state index contributed by atoms with van der Waals surface area (Å²) in [6.45, 7) is 5.28. The number of aliphatic hydroxyl groups excluding tert-OH is 3.